The van der Waals surface area contributed by atoms with Crippen molar-refractivity contribution in [2.45, 2.75) is 32.2 Å². The number of pyridine rings is 1. The van der Waals surface area contributed by atoms with Crippen molar-refractivity contribution in [1.82, 2.24) is 9.97 Å². The average molecular weight is 360 g/mol. The summed E-state index contributed by atoms with van der Waals surface area (Å²) in [7, 11) is 0. The lowest BCUT2D eigenvalue weighted by atomic mass is 10.0. The Morgan fingerprint density at radius 2 is 2.20 bits per heavy atom. The molecule has 3 aromatic rings. The second-order valence-electron chi connectivity index (χ2n) is 6.31. The molecule has 1 unspecified atom stereocenters. The van der Waals surface area contributed by atoms with Crippen LogP contribution in [0.2, 0.25) is 0 Å². The van der Waals surface area contributed by atoms with E-state index in [1.165, 1.54) is 12.0 Å². The van der Waals surface area contributed by atoms with Crippen LogP contribution in [-0.4, -0.2) is 29.2 Å². The summed E-state index contributed by atoms with van der Waals surface area (Å²) in [6.45, 7) is 3.63. The molecule has 2 aromatic heterocycles. The summed E-state index contributed by atoms with van der Waals surface area (Å²) in [6, 6.07) is 10.9. The number of hydrogen-bond acceptors (Lipinski definition) is 5. The molecule has 0 amide bonds. The van der Waals surface area contributed by atoms with Gasteiger partial charge in [0.25, 0.3) is 6.01 Å². The number of oxazole rings is 1. The molecule has 4 rings (SSSR count). The lowest BCUT2D eigenvalue weighted by Gasteiger charge is -2.34. The highest BCUT2D eigenvalue weighted by molar-refractivity contribution is 5.85. The second-order valence-corrected chi connectivity index (χ2v) is 6.31. The molecule has 1 fully saturated rings. The second kappa shape index (κ2) is 7.74. The number of hydrogen-bond donors (Lipinski definition) is 0. The summed E-state index contributed by atoms with van der Waals surface area (Å²) in [5.74, 6) is 0.802. The Labute approximate surface area is 153 Å². The minimum atomic E-state index is 0. The molecule has 25 heavy (non-hydrogen) atoms. The van der Waals surface area contributed by atoms with E-state index in [-0.39, 0.29) is 18.4 Å². The first-order valence-corrected chi connectivity index (χ1v) is 8.46. The molecule has 5 nitrogen and oxygen atoms in total. The zero-order valence-electron chi connectivity index (χ0n) is 14.2. The topological polar surface area (TPSA) is 51.4 Å². The predicted molar refractivity (Wildman–Crippen MR) is 101 cm³/mol. The summed E-state index contributed by atoms with van der Waals surface area (Å²) in [5.41, 5.74) is 2.94. The van der Waals surface area contributed by atoms with Gasteiger partial charge in [-0.15, -0.1) is 12.4 Å². The molecule has 0 aliphatic carbocycles. The number of benzene rings is 1. The number of ether oxygens (including phenoxy) is 1. The molecule has 0 bridgehead atoms. The fourth-order valence-electron chi connectivity index (χ4n) is 3.19. The third kappa shape index (κ3) is 3.87. The van der Waals surface area contributed by atoms with Crippen molar-refractivity contribution in [3.63, 3.8) is 0 Å². The van der Waals surface area contributed by atoms with Crippen LogP contribution in [0, 0.1) is 6.92 Å². The molecular formula is C19H22ClN3O2. The summed E-state index contributed by atoms with van der Waals surface area (Å²) in [5, 5.41) is 0. The smallest absolute Gasteiger partial charge is 0.298 e. The number of rotatable bonds is 4. The first-order valence-electron chi connectivity index (χ1n) is 8.46. The van der Waals surface area contributed by atoms with Gasteiger partial charge in [-0.25, -0.2) is 0 Å². The molecule has 132 valence electrons. The van der Waals surface area contributed by atoms with Gasteiger partial charge in [0, 0.05) is 12.7 Å². The number of anilines is 1. The van der Waals surface area contributed by atoms with Gasteiger partial charge in [-0.1, -0.05) is 6.07 Å². The van der Waals surface area contributed by atoms with Crippen molar-refractivity contribution in [1.29, 1.82) is 0 Å². The van der Waals surface area contributed by atoms with Gasteiger partial charge >= 0.3 is 0 Å². The van der Waals surface area contributed by atoms with E-state index in [2.05, 4.69) is 27.9 Å². The molecule has 1 atom stereocenters. The summed E-state index contributed by atoms with van der Waals surface area (Å²) in [6.07, 6.45) is 6.94. The summed E-state index contributed by atoms with van der Waals surface area (Å²) in [4.78, 5) is 11.0. The number of fused-ring (bicyclic) bond motifs is 1. The Bertz CT molecular complexity index is 822. The molecule has 1 aliphatic heterocycles. The monoisotopic (exact) mass is 359 g/mol. The Kier molecular flexibility index (Phi) is 5.43. The zero-order chi connectivity index (χ0) is 16.4. The van der Waals surface area contributed by atoms with Crippen molar-refractivity contribution in [2.75, 3.05) is 18.1 Å². The van der Waals surface area contributed by atoms with Gasteiger partial charge in [0.2, 0.25) is 0 Å². The molecule has 6 heteroatoms. The maximum Gasteiger partial charge on any atom is 0.298 e. The van der Waals surface area contributed by atoms with Crippen LogP contribution in [0.25, 0.3) is 11.1 Å². The predicted octanol–water partition coefficient (Wildman–Crippen LogP) is 4.39. The largest absolute Gasteiger partial charge is 0.490 e. The molecule has 0 N–H and O–H groups in total. The fourth-order valence-corrected chi connectivity index (χ4v) is 3.19. The molecule has 1 aromatic carbocycles. The van der Waals surface area contributed by atoms with Gasteiger partial charge in [0.05, 0.1) is 12.2 Å². The number of nitrogens with zero attached hydrogens (tertiary/aromatic N) is 3. The van der Waals surface area contributed by atoms with Crippen LogP contribution >= 0.6 is 12.4 Å². The van der Waals surface area contributed by atoms with E-state index >= 15 is 0 Å². The third-order valence-corrected chi connectivity index (χ3v) is 4.48. The Hall–Kier alpha value is -2.27. The highest BCUT2D eigenvalue weighted by Crippen LogP contribution is 2.28. The summed E-state index contributed by atoms with van der Waals surface area (Å²) < 4.78 is 11.9. The minimum Gasteiger partial charge on any atom is -0.490 e. The van der Waals surface area contributed by atoms with E-state index in [1.54, 1.807) is 12.4 Å². The van der Waals surface area contributed by atoms with E-state index in [1.807, 2.05) is 24.3 Å². The van der Waals surface area contributed by atoms with Crippen LogP contribution in [-0.2, 0) is 0 Å². The van der Waals surface area contributed by atoms with E-state index < -0.39 is 0 Å². The van der Waals surface area contributed by atoms with Crippen LogP contribution in [0.5, 0.6) is 5.75 Å². The van der Waals surface area contributed by atoms with Crippen molar-refractivity contribution in [3.05, 3.63) is 48.3 Å². The van der Waals surface area contributed by atoms with Crippen molar-refractivity contribution < 1.29 is 9.15 Å². The van der Waals surface area contributed by atoms with Crippen LogP contribution in [0.3, 0.4) is 0 Å². The summed E-state index contributed by atoms with van der Waals surface area (Å²) >= 11 is 0. The number of aromatic nitrogens is 2. The number of halogens is 1. The molecule has 0 radical (unpaired) electrons. The highest BCUT2D eigenvalue weighted by Gasteiger charge is 2.27. The molecule has 3 heterocycles. The van der Waals surface area contributed by atoms with E-state index in [9.17, 15) is 0 Å². The van der Waals surface area contributed by atoms with E-state index in [0.29, 0.717) is 12.6 Å². The lowest BCUT2D eigenvalue weighted by Crippen LogP contribution is -2.43. The van der Waals surface area contributed by atoms with E-state index in [0.717, 1.165) is 36.2 Å². The van der Waals surface area contributed by atoms with Crippen molar-refractivity contribution in [2.24, 2.45) is 0 Å². The van der Waals surface area contributed by atoms with Gasteiger partial charge in [-0.05, 0) is 56.0 Å². The van der Waals surface area contributed by atoms with Crippen LogP contribution < -0.4 is 9.64 Å². The van der Waals surface area contributed by atoms with Crippen molar-refractivity contribution >= 4 is 29.5 Å². The third-order valence-electron chi connectivity index (χ3n) is 4.48. The van der Waals surface area contributed by atoms with Crippen molar-refractivity contribution in [3.8, 4) is 5.75 Å². The number of aryl methyl sites for hydroxylation is 1. The average Bonchev–Trinajstić information content (AvgIpc) is 3.04. The van der Waals surface area contributed by atoms with Gasteiger partial charge in [0.15, 0.2) is 5.58 Å². The minimum absolute atomic E-state index is 0. The Morgan fingerprint density at radius 1 is 1.28 bits per heavy atom. The Balaban J connectivity index is 0.00000182. The van der Waals surface area contributed by atoms with E-state index in [4.69, 9.17) is 9.15 Å². The fraction of sp³-hybridized carbons (Fsp3) is 0.368. The number of piperidine rings is 1. The SMILES string of the molecule is Cc1ccc2nc(N3CCCCC3COc3cccnc3)oc2c1.Cl. The Morgan fingerprint density at radius 3 is 3.04 bits per heavy atom. The standard InChI is InChI=1S/C19H21N3O2.ClH/c1-14-7-8-17-18(11-14)24-19(21-17)22-10-3-2-5-15(22)13-23-16-6-4-9-20-12-16;/h4,6-9,11-12,15H,2-3,5,10,13H2,1H3;1H. The maximum absolute atomic E-state index is 6.02. The quantitative estimate of drug-likeness (QED) is 0.691. The molecular weight excluding hydrogens is 338 g/mol. The van der Waals surface area contributed by atoms with Crippen LogP contribution in [0.15, 0.2) is 47.1 Å². The highest BCUT2D eigenvalue weighted by atomic mass is 35.5. The molecule has 1 aliphatic rings. The molecule has 1 saturated heterocycles. The normalized spacial score (nSPS) is 17.3. The van der Waals surface area contributed by atoms with Gasteiger partial charge in [0.1, 0.15) is 17.9 Å². The van der Waals surface area contributed by atoms with Crippen LogP contribution in [0.4, 0.5) is 6.01 Å². The first-order chi connectivity index (χ1) is 11.8. The maximum atomic E-state index is 6.02. The molecule has 0 saturated carbocycles. The first kappa shape index (κ1) is 17.5. The van der Waals surface area contributed by atoms with Gasteiger partial charge < -0.3 is 14.1 Å². The molecule has 0 spiro atoms. The van der Waals surface area contributed by atoms with Gasteiger partial charge in [-0.2, -0.15) is 4.98 Å². The van der Waals surface area contributed by atoms with Gasteiger partial charge in [-0.3, -0.25) is 4.98 Å². The van der Waals surface area contributed by atoms with Crippen LogP contribution in [0.1, 0.15) is 24.8 Å². The lowest BCUT2D eigenvalue weighted by molar-refractivity contribution is 0.254. The zero-order valence-corrected chi connectivity index (χ0v) is 15.0.